The largest absolute Gasteiger partial charge is 0.357 e. The van der Waals surface area contributed by atoms with Crippen LogP contribution in [0.25, 0.3) is 0 Å². The first-order valence-corrected chi connectivity index (χ1v) is 7.94. The van der Waals surface area contributed by atoms with E-state index in [0.29, 0.717) is 6.04 Å². The quantitative estimate of drug-likeness (QED) is 0.624. The average molecular weight is 266 g/mol. The van der Waals surface area contributed by atoms with Crippen LogP contribution in [-0.2, 0) is 0 Å². The fourth-order valence-corrected chi connectivity index (χ4v) is 3.05. The number of hydrogen-bond acceptors (Lipinski definition) is 2. The molecular formula is C15H30N4. The lowest BCUT2D eigenvalue weighted by molar-refractivity contribution is 0.271. The van der Waals surface area contributed by atoms with E-state index in [1.54, 1.807) is 0 Å². The van der Waals surface area contributed by atoms with Crippen LogP contribution in [0.5, 0.6) is 0 Å². The highest BCUT2D eigenvalue weighted by Gasteiger charge is 2.22. The molecule has 0 aromatic heterocycles. The minimum absolute atomic E-state index is 0.650. The summed E-state index contributed by atoms with van der Waals surface area (Å²) in [5.41, 5.74) is 0. The van der Waals surface area contributed by atoms with Crippen LogP contribution in [0.15, 0.2) is 4.99 Å². The predicted octanol–water partition coefficient (Wildman–Crippen LogP) is 1.78. The summed E-state index contributed by atoms with van der Waals surface area (Å²) in [5, 5.41) is 3.46. The Bertz CT molecular complexity index is 295. The first-order chi connectivity index (χ1) is 9.20. The van der Waals surface area contributed by atoms with E-state index in [1.165, 1.54) is 32.2 Å². The molecule has 4 heteroatoms. The number of rotatable bonds is 3. The number of aliphatic imine (C=N–C) groups is 1. The van der Waals surface area contributed by atoms with Crippen molar-refractivity contribution in [1.82, 2.24) is 15.1 Å². The van der Waals surface area contributed by atoms with Crippen molar-refractivity contribution in [1.29, 1.82) is 0 Å². The molecule has 0 aromatic rings. The van der Waals surface area contributed by atoms with Gasteiger partial charge in [-0.1, -0.05) is 6.92 Å². The molecule has 0 aliphatic carbocycles. The molecule has 2 rings (SSSR count). The maximum atomic E-state index is 4.88. The number of hydrogen-bond donors (Lipinski definition) is 1. The molecule has 1 N–H and O–H groups in total. The molecule has 2 saturated heterocycles. The first kappa shape index (κ1) is 14.6. The van der Waals surface area contributed by atoms with Crippen LogP contribution in [0.3, 0.4) is 0 Å². The van der Waals surface area contributed by atoms with E-state index in [2.05, 4.69) is 36.0 Å². The molecule has 1 atom stereocenters. The molecule has 0 bridgehead atoms. The molecule has 4 nitrogen and oxygen atoms in total. The maximum absolute atomic E-state index is 4.88. The topological polar surface area (TPSA) is 30.9 Å². The van der Waals surface area contributed by atoms with E-state index in [4.69, 9.17) is 4.99 Å². The lowest BCUT2D eigenvalue weighted by atomic mass is 10.00. The lowest BCUT2D eigenvalue weighted by Gasteiger charge is -2.33. The number of nitrogens with one attached hydrogen (secondary N) is 1. The van der Waals surface area contributed by atoms with Gasteiger partial charge >= 0.3 is 0 Å². The Labute approximate surface area is 118 Å². The van der Waals surface area contributed by atoms with Gasteiger partial charge in [0.2, 0.25) is 0 Å². The Kier molecular flexibility index (Phi) is 5.49. The Morgan fingerprint density at radius 3 is 2.53 bits per heavy atom. The standard InChI is InChI=1S/C15H30N4/c1-4-16-15(19-10-7-13(2)8-11-19)17-12-14-6-5-9-18(14)3/h13-14H,4-12H2,1-3H3,(H,16,17). The van der Waals surface area contributed by atoms with Gasteiger partial charge in [-0.15, -0.1) is 0 Å². The third kappa shape index (κ3) is 4.10. The summed E-state index contributed by atoms with van der Waals surface area (Å²) in [7, 11) is 2.22. The van der Waals surface area contributed by atoms with Crippen molar-refractivity contribution in [3.8, 4) is 0 Å². The molecule has 0 saturated carbocycles. The molecule has 110 valence electrons. The van der Waals surface area contributed by atoms with Gasteiger partial charge in [0, 0.05) is 25.7 Å². The zero-order chi connectivity index (χ0) is 13.7. The molecule has 2 heterocycles. The number of likely N-dealkylation sites (N-methyl/N-ethyl adjacent to an activating group) is 1. The minimum atomic E-state index is 0.650. The van der Waals surface area contributed by atoms with Crippen molar-refractivity contribution in [3.05, 3.63) is 0 Å². The predicted molar refractivity (Wildman–Crippen MR) is 81.6 cm³/mol. The third-order valence-electron chi connectivity index (χ3n) is 4.54. The summed E-state index contributed by atoms with van der Waals surface area (Å²) in [6.45, 7) is 9.98. The van der Waals surface area contributed by atoms with Gasteiger partial charge in [-0.2, -0.15) is 0 Å². The Hall–Kier alpha value is -0.770. The second kappa shape index (κ2) is 7.13. The minimum Gasteiger partial charge on any atom is -0.357 e. The van der Waals surface area contributed by atoms with Crippen LogP contribution in [0.1, 0.15) is 39.5 Å². The zero-order valence-corrected chi connectivity index (χ0v) is 12.9. The highest BCUT2D eigenvalue weighted by molar-refractivity contribution is 5.80. The molecule has 2 aliphatic heterocycles. The summed E-state index contributed by atoms with van der Waals surface area (Å²) in [5.74, 6) is 2.01. The van der Waals surface area contributed by atoms with Crippen molar-refractivity contribution < 1.29 is 0 Å². The van der Waals surface area contributed by atoms with Gasteiger partial charge in [0.15, 0.2) is 5.96 Å². The van der Waals surface area contributed by atoms with Gasteiger partial charge in [0.25, 0.3) is 0 Å². The van der Waals surface area contributed by atoms with E-state index < -0.39 is 0 Å². The Morgan fingerprint density at radius 2 is 1.95 bits per heavy atom. The van der Waals surface area contributed by atoms with Gasteiger partial charge in [-0.25, -0.2) is 0 Å². The van der Waals surface area contributed by atoms with Crippen LogP contribution in [0.4, 0.5) is 0 Å². The van der Waals surface area contributed by atoms with E-state index in [1.807, 2.05) is 0 Å². The van der Waals surface area contributed by atoms with E-state index in [0.717, 1.165) is 38.1 Å². The van der Waals surface area contributed by atoms with Gasteiger partial charge in [0.1, 0.15) is 0 Å². The van der Waals surface area contributed by atoms with Crippen molar-refractivity contribution in [2.75, 3.05) is 39.8 Å². The van der Waals surface area contributed by atoms with Crippen molar-refractivity contribution in [3.63, 3.8) is 0 Å². The highest BCUT2D eigenvalue weighted by atomic mass is 15.3. The number of nitrogens with zero attached hydrogens (tertiary/aromatic N) is 3. The van der Waals surface area contributed by atoms with Crippen LogP contribution >= 0.6 is 0 Å². The van der Waals surface area contributed by atoms with Crippen LogP contribution < -0.4 is 5.32 Å². The van der Waals surface area contributed by atoms with Crippen LogP contribution in [-0.4, -0.2) is 61.6 Å². The summed E-state index contributed by atoms with van der Waals surface area (Å²) in [4.78, 5) is 9.78. The van der Waals surface area contributed by atoms with Gasteiger partial charge < -0.3 is 15.1 Å². The summed E-state index contributed by atoms with van der Waals surface area (Å²) in [6.07, 6.45) is 5.23. The third-order valence-corrected chi connectivity index (χ3v) is 4.54. The average Bonchev–Trinajstić information content (AvgIpc) is 2.81. The lowest BCUT2D eigenvalue weighted by Crippen LogP contribution is -2.46. The van der Waals surface area contributed by atoms with Gasteiger partial charge in [0.05, 0.1) is 6.54 Å². The van der Waals surface area contributed by atoms with Crippen LogP contribution in [0.2, 0.25) is 0 Å². The van der Waals surface area contributed by atoms with Gasteiger partial charge in [-0.3, -0.25) is 4.99 Å². The molecule has 2 aliphatic rings. The molecule has 0 spiro atoms. The van der Waals surface area contributed by atoms with Crippen molar-refractivity contribution >= 4 is 5.96 Å². The monoisotopic (exact) mass is 266 g/mol. The second-order valence-electron chi connectivity index (χ2n) is 6.14. The molecule has 19 heavy (non-hydrogen) atoms. The Balaban J connectivity index is 1.90. The van der Waals surface area contributed by atoms with Crippen molar-refractivity contribution in [2.24, 2.45) is 10.9 Å². The molecule has 2 fully saturated rings. The summed E-state index contributed by atoms with van der Waals surface area (Å²) in [6, 6.07) is 0.650. The molecular weight excluding hydrogens is 236 g/mol. The molecule has 0 radical (unpaired) electrons. The maximum Gasteiger partial charge on any atom is 0.193 e. The van der Waals surface area contributed by atoms with E-state index in [9.17, 15) is 0 Å². The Morgan fingerprint density at radius 1 is 1.21 bits per heavy atom. The zero-order valence-electron chi connectivity index (χ0n) is 12.9. The van der Waals surface area contributed by atoms with E-state index >= 15 is 0 Å². The SMILES string of the molecule is CCNC(=NCC1CCCN1C)N1CCC(C)CC1. The highest BCUT2D eigenvalue weighted by Crippen LogP contribution is 2.17. The fraction of sp³-hybridized carbons (Fsp3) is 0.933. The second-order valence-corrected chi connectivity index (χ2v) is 6.14. The normalized spacial score (nSPS) is 27.0. The fourth-order valence-electron chi connectivity index (χ4n) is 3.05. The van der Waals surface area contributed by atoms with Crippen LogP contribution in [0, 0.1) is 5.92 Å². The van der Waals surface area contributed by atoms with E-state index in [-0.39, 0.29) is 0 Å². The van der Waals surface area contributed by atoms with Gasteiger partial charge in [-0.05, 0) is 52.1 Å². The molecule has 1 unspecified atom stereocenters. The summed E-state index contributed by atoms with van der Waals surface area (Å²) < 4.78 is 0. The number of likely N-dealkylation sites (tertiary alicyclic amines) is 2. The number of guanidine groups is 1. The summed E-state index contributed by atoms with van der Waals surface area (Å²) >= 11 is 0. The molecule has 0 aromatic carbocycles. The first-order valence-electron chi connectivity index (χ1n) is 7.94. The smallest absolute Gasteiger partial charge is 0.193 e. The number of piperidine rings is 1. The van der Waals surface area contributed by atoms with Crippen molar-refractivity contribution in [2.45, 2.75) is 45.6 Å². The molecule has 0 amide bonds.